The van der Waals surface area contributed by atoms with Gasteiger partial charge in [-0.25, -0.2) is 0 Å². The molecule has 2 heterocycles. The van der Waals surface area contributed by atoms with E-state index < -0.39 is 0 Å². The number of aryl methyl sites for hydroxylation is 1. The van der Waals surface area contributed by atoms with Crippen molar-refractivity contribution in [1.29, 1.82) is 0 Å². The first-order valence-corrected chi connectivity index (χ1v) is 13.7. The predicted octanol–water partition coefficient (Wildman–Crippen LogP) is 6.27. The summed E-state index contributed by atoms with van der Waals surface area (Å²) in [7, 11) is 1.63. The summed E-state index contributed by atoms with van der Waals surface area (Å²) in [5.74, 6) is -0.268. The molecule has 190 valence electrons. The summed E-state index contributed by atoms with van der Waals surface area (Å²) in [5, 5.41) is 3.12. The number of hydrogen-bond donors (Lipinski definition) is 0. The van der Waals surface area contributed by atoms with Crippen LogP contribution in [0.3, 0.4) is 0 Å². The van der Waals surface area contributed by atoms with E-state index in [-0.39, 0.29) is 24.4 Å². The maximum absolute atomic E-state index is 13.8. The summed E-state index contributed by atoms with van der Waals surface area (Å²) in [4.78, 5) is 32.0. The molecule has 1 unspecified atom stereocenters. The quantitative estimate of drug-likeness (QED) is 0.298. The van der Waals surface area contributed by atoms with Crippen molar-refractivity contribution in [2.45, 2.75) is 32.2 Å². The van der Waals surface area contributed by atoms with Crippen LogP contribution in [0.25, 0.3) is 0 Å². The highest BCUT2D eigenvalue weighted by molar-refractivity contribution is 7.10. The third-order valence-electron chi connectivity index (χ3n) is 6.54. The molecule has 5 nitrogen and oxygen atoms in total. The van der Waals surface area contributed by atoms with Gasteiger partial charge in [0.15, 0.2) is 0 Å². The molecule has 0 N–H and O–H groups in total. The van der Waals surface area contributed by atoms with Crippen molar-refractivity contribution in [3.05, 3.63) is 91.1 Å². The standard InChI is InChI=1S/C28H30Cl2N2O3S/c1-3-19-5-7-20(8-6-19)28(34)31(13-4-15-35-2)18-26(33)32-14-11-25-23(12-16-36-25)27(32)22-10-9-21(29)17-24(22)30/h5-10,12,16-17,27H,3-4,11,13-15,18H2,1-2H3. The maximum atomic E-state index is 13.8. The van der Waals surface area contributed by atoms with Gasteiger partial charge in [-0.15, -0.1) is 11.3 Å². The number of thiophene rings is 1. The van der Waals surface area contributed by atoms with Gasteiger partial charge in [0.05, 0.1) is 6.04 Å². The minimum atomic E-state index is -0.322. The van der Waals surface area contributed by atoms with Crippen LogP contribution < -0.4 is 0 Å². The van der Waals surface area contributed by atoms with Gasteiger partial charge in [-0.05, 0) is 71.7 Å². The van der Waals surface area contributed by atoms with Gasteiger partial charge in [0.25, 0.3) is 5.91 Å². The molecular formula is C28H30Cl2N2O3S. The van der Waals surface area contributed by atoms with Gasteiger partial charge >= 0.3 is 0 Å². The lowest BCUT2D eigenvalue weighted by atomic mass is 9.93. The van der Waals surface area contributed by atoms with Crippen LogP contribution in [0.4, 0.5) is 0 Å². The lowest BCUT2D eigenvalue weighted by Gasteiger charge is -2.38. The maximum Gasteiger partial charge on any atom is 0.254 e. The summed E-state index contributed by atoms with van der Waals surface area (Å²) in [5.41, 5.74) is 3.65. The van der Waals surface area contributed by atoms with E-state index in [1.54, 1.807) is 35.5 Å². The molecule has 0 saturated heterocycles. The number of rotatable bonds is 9. The molecule has 1 aliphatic heterocycles. The molecule has 4 rings (SSSR count). The first-order chi connectivity index (χ1) is 17.4. The van der Waals surface area contributed by atoms with E-state index in [0.29, 0.717) is 41.7 Å². The van der Waals surface area contributed by atoms with E-state index in [1.165, 1.54) is 4.88 Å². The molecular weight excluding hydrogens is 515 g/mol. The molecule has 0 radical (unpaired) electrons. The van der Waals surface area contributed by atoms with E-state index in [0.717, 1.165) is 29.5 Å². The number of hydrogen-bond acceptors (Lipinski definition) is 4. The minimum Gasteiger partial charge on any atom is -0.385 e. The second-order valence-corrected chi connectivity index (χ2v) is 10.7. The van der Waals surface area contributed by atoms with Crippen LogP contribution in [-0.4, -0.2) is 55.0 Å². The van der Waals surface area contributed by atoms with Crippen LogP contribution in [0.2, 0.25) is 10.0 Å². The van der Waals surface area contributed by atoms with Gasteiger partial charge in [0.2, 0.25) is 5.91 Å². The molecule has 0 aliphatic carbocycles. The molecule has 0 saturated carbocycles. The Morgan fingerprint density at radius 3 is 2.58 bits per heavy atom. The number of ether oxygens (including phenoxy) is 1. The zero-order chi connectivity index (χ0) is 25.7. The van der Waals surface area contributed by atoms with Crippen molar-refractivity contribution in [3.8, 4) is 0 Å². The van der Waals surface area contributed by atoms with Crippen LogP contribution in [0.15, 0.2) is 53.9 Å². The van der Waals surface area contributed by atoms with E-state index >= 15 is 0 Å². The second-order valence-electron chi connectivity index (χ2n) is 8.83. The van der Waals surface area contributed by atoms with Gasteiger partial charge < -0.3 is 14.5 Å². The topological polar surface area (TPSA) is 49.9 Å². The molecule has 8 heteroatoms. The Hall–Kier alpha value is -2.38. The first kappa shape index (κ1) is 26.7. The zero-order valence-electron chi connectivity index (χ0n) is 20.5. The predicted molar refractivity (Wildman–Crippen MR) is 146 cm³/mol. The zero-order valence-corrected chi connectivity index (χ0v) is 22.8. The number of benzene rings is 2. The summed E-state index contributed by atoms with van der Waals surface area (Å²) >= 11 is 14.5. The molecule has 2 amide bonds. The Labute approximate surface area is 226 Å². The number of carbonyl (C=O) groups is 2. The highest BCUT2D eigenvalue weighted by Gasteiger charge is 2.35. The molecule has 1 aliphatic rings. The molecule has 0 spiro atoms. The monoisotopic (exact) mass is 544 g/mol. The second kappa shape index (κ2) is 12.2. The Balaban J connectivity index is 1.61. The molecule has 0 bridgehead atoms. The smallest absolute Gasteiger partial charge is 0.254 e. The number of methoxy groups -OCH3 is 1. The molecule has 1 atom stereocenters. The van der Waals surface area contributed by atoms with E-state index in [2.05, 4.69) is 18.4 Å². The average molecular weight is 546 g/mol. The van der Waals surface area contributed by atoms with Gasteiger partial charge in [-0.3, -0.25) is 9.59 Å². The Kier molecular flexibility index (Phi) is 9.07. The Morgan fingerprint density at radius 1 is 1.11 bits per heavy atom. The summed E-state index contributed by atoms with van der Waals surface area (Å²) in [6, 6.07) is 14.7. The lowest BCUT2D eigenvalue weighted by Crippen LogP contribution is -2.47. The van der Waals surface area contributed by atoms with Crippen LogP contribution in [0.1, 0.15) is 51.3 Å². The summed E-state index contributed by atoms with van der Waals surface area (Å²) in [6.45, 7) is 3.56. The number of carbonyl (C=O) groups excluding carboxylic acids is 2. The SMILES string of the molecule is CCc1ccc(C(=O)N(CCCOC)CC(=O)N2CCc3sccc3C2c2ccc(Cl)cc2Cl)cc1. The van der Waals surface area contributed by atoms with Crippen LogP contribution in [-0.2, 0) is 22.4 Å². The lowest BCUT2D eigenvalue weighted by molar-refractivity contribution is -0.134. The molecule has 0 fully saturated rings. The highest BCUT2D eigenvalue weighted by Crippen LogP contribution is 2.41. The first-order valence-electron chi connectivity index (χ1n) is 12.1. The van der Waals surface area contributed by atoms with Crippen molar-refractivity contribution in [3.63, 3.8) is 0 Å². The number of nitrogens with zero attached hydrogens (tertiary/aromatic N) is 2. The number of halogens is 2. The fraction of sp³-hybridized carbons (Fsp3) is 0.357. The van der Waals surface area contributed by atoms with E-state index in [4.69, 9.17) is 27.9 Å². The van der Waals surface area contributed by atoms with Crippen LogP contribution in [0.5, 0.6) is 0 Å². The van der Waals surface area contributed by atoms with Crippen molar-refractivity contribution < 1.29 is 14.3 Å². The Morgan fingerprint density at radius 2 is 1.89 bits per heavy atom. The average Bonchev–Trinajstić information content (AvgIpc) is 3.36. The van der Waals surface area contributed by atoms with Gasteiger partial charge in [-0.1, -0.05) is 48.3 Å². The molecule has 36 heavy (non-hydrogen) atoms. The molecule has 3 aromatic rings. The third kappa shape index (κ3) is 5.94. The van der Waals surface area contributed by atoms with E-state index in [9.17, 15) is 9.59 Å². The van der Waals surface area contributed by atoms with Crippen LogP contribution >= 0.6 is 34.5 Å². The minimum absolute atomic E-state index is 0.0146. The van der Waals surface area contributed by atoms with Crippen molar-refractivity contribution in [2.75, 3.05) is 33.4 Å². The summed E-state index contributed by atoms with van der Waals surface area (Å²) < 4.78 is 5.20. The van der Waals surface area contributed by atoms with Crippen molar-refractivity contribution >= 4 is 46.4 Å². The van der Waals surface area contributed by atoms with Crippen molar-refractivity contribution in [2.24, 2.45) is 0 Å². The Bertz CT molecular complexity index is 1210. The van der Waals surface area contributed by atoms with Gasteiger partial charge in [0.1, 0.15) is 6.54 Å². The largest absolute Gasteiger partial charge is 0.385 e. The normalized spacial score (nSPS) is 15.0. The molecule has 2 aromatic carbocycles. The summed E-state index contributed by atoms with van der Waals surface area (Å²) in [6.07, 6.45) is 2.32. The highest BCUT2D eigenvalue weighted by atomic mass is 35.5. The van der Waals surface area contributed by atoms with Gasteiger partial charge in [-0.2, -0.15) is 0 Å². The van der Waals surface area contributed by atoms with Gasteiger partial charge in [0, 0.05) is 47.3 Å². The van der Waals surface area contributed by atoms with Crippen LogP contribution in [0, 0.1) is 0 Å². The number of amides is 2. The number of fused-ring (bicyclic) bond motifs is 1. The third-order valence-corrected chi connectivity index (χ3v) is 8.10. The fourth-order valence-electron chi connectivity index (χ4n) is 4.62. The van der Waals surface area contributed by atoms with E-state index in [1.807, 2.05) is 35.2 Å². The van der Waals surface area contributed by atoms with Crippen molar-refractivity contribution in [1.82, 2.24) is 9.80 Å². The fourth-order valence-corrected chi connectivity index (χ4v) is 6.03. The molecule has 1 aromatic heterocycles.